The lowest BCUT2D eigenvalue weighted by atomic mass is 9.97. The Labute approximate surface area is 193 Å². The van der Waals surface area contributed by atoms with Crippen molar-refractivity contribution < 1.29 is 19.1 Å². The molecule has 0 unspecified atom stereocenters. The van der Waals surface area contributed by atoms with E-state index >= 15 is 0 Å². The molecule has 32 heavy (non-hydrogen) atoms. The van der Waals surface area contributed by atoms with Crippen LogP contribution in [0.15, 0.2) is 66.7 Å². The van der Waals surface area contributed by atoms with Crippen molar-refractivity contribution in [1.82, 2.24) is 5.32 Å². The van der Waals surface area contributed by atoms with E-state index in [1.165, 1.54) is 0 Å². The monoisotopic (exact) mass is 455 g/mol. The van der Waals surface area contributed by atoms with Gasteiger partial charge in [-0.3, -0.25) is 0 Å². The van der Waals surface area contributed by atoms with E-state index in [9.17, 15) is 9.90 Å². The van der Waals surface area contributed by atoms with Crippen LogP contribution in [0.5, 0.6) is 5.75 Å². The highest BCUT2D eigenvalue weighted by Crippen LogP contribution is 2.37. The summed E-state index contributed by atoms with van der Waals surface area (Å²) < 4.78 is 11.7. The predicted molar refractivity (Wildman–Crippen MR) is 132 cm³/mol. The lowest BCUT2D eigenvalue weighted by Gasteiger charge is -2.36. The van der Waals surface area contributed by atoms with Gasteiger partial charge in [-0.2, -0.15) is 0 Å². The number of aliphatic hydroxyl groups excluding tert-OH is 1. The quantitative estimate of drug-likeness (QED) is 0.368. The first-order valence-electron chi connectivity index (χ1n) is 11.0. The van der Waals surface area contributed by atoms with Gasteiger partial charge in [0.15, 0.2) is 0 Å². The number of carbonyl (C=O) groups is 1. The van der Waals surface area contributed by atoms with Crippen molar-refractivity contribution in [2.75, 3.05) is 0 Å². The second-order valence-corrected chi connectivity index (χ2v) is 14.5. The summed E-state index contributed by atoms with van der Waals surface area (Å²) in [4.78, 5) is 12.4. The molecule has 0 aromatic heterocycles. The first-order chi connectivity index (χ1) is 14.9. The van der Waals surface area contributed by atoms with E-state index in [0.717, 1.165) is 16.9 Å². The van der Waals surface area contributed by atoms with Crippen LogP contribution in [0.3, 0.4) is 0 Å². The maximum absolute atomic E-state index is 12.4. The zero-order chi connectivity index (χ0) is 23.9. The van der Waals surface area contributed by atoms with Crippen LogP contribution in [-0.2, 0) is 17.8 Å². The molecule has 0 bridgehead atoms. The number of hydrogen-bond donors (Lipinski definition) is 2. The molecule has 2 aromatic carbocycles. The summed E-state index contributed by atoms with van der Waals surface area (Å²) in [6.07, 6.45) is -1.02. The SMILES string of the molecule is C=C(C)[C@@H](O)[C@H](Cc1ccc(O[Si](C)(C)C(C)(C)C)cc1)NC(=O)OCc1ccccc1. The number of ether oxygens (including phenoxy) is 1. The number of alkyl carbamates (subject to hydrolysis) is 1. The largest absolute Gasteiger partial charge is 0.544 e. The highest BCUT2D eigenvalue weighted by atomic mass is 28.4. The van der Waals surface area contributed by atoms with Crippen molar-refractivity contribution in [3.8, 4) is 5.75 Å². The molecular weight excluding hydrogens is 418 g/mol. The Morgan fingerprint density at radius 2 is 1.66 bits per heavy atom. The van der Waals surface area contributed by atoms with Crippen LogP contribution < -0.4 is 9.74 Å². The molecule has 6 heteroatoms. The predicted octanol–water partition coefficient (Wildman–Crippen LogP) is 5.85. The number of nitrogens with one attached hydrogen (secondary N) is 1. The van der Waals surface area contributed by atoms with Crippen molar-refractivity contribution in [2.45, 2.75) is 71.0 Å². The van der Waals surface area contributed by atoms with Gasteiger partial charge in [0.25, 0.3) is 0 Å². The lowest BCUT2D eigenvalue weighted by Crippen LogP contribution is -2.45. The number of carbonyl (C=O) groups excluding carboxylic acids is 1. The molecule has 0 heterocycles. The summed E-state index contributed by atoms with van der Waals surface area (Å²) >= 11 is 0. The normalized spacial score (nSPS) is 13.7. The Hall–Kier alpha value is -2.57. The van der Waals surface area contributed by atoms with Gasteiger partial charge in [-0.25, -0.2) is 4.79 Å². The maximum Gasteiger partial charge on any atom is 0.407 e. The molecule has 2 atom stereocenters. The van der Waals surface area contributed by atoms with Gasteiger partial charge in [0.2, 0.25) is 8.32 Å². The number of hydrogen-bond acceptors (Lipinski definition) is 4. The minimum absolute atomic E-state index is 0.117. The molecule has 5 nitrogen and oxygen atoms in total. The van der Waals surface area contributed by atoms with E-state index in [1.54, 1.807) is 6.92 Å². The molecule has 1 amide bonds. The zero-order valence-electron chi connectivity index (χ0n) is 20.1. The fraction of sp³-hybridized carbons (Fsp3) is 0.423. The van der Waals surface area contributed by atoms with Gasteiger partial charge in [0.1, 0.15) is 12.4 Å². The van der Waals surface area contributed by atoms with Crippen molar-refractivity contribution in [3.63, 3.8) is 0 Å². The third-order valence-electron chi connectivity index (χ3n) is 5.96. The average Bonchev–Trinajstić information content (AvgIpc) is 2.72. The van der Waals surface area contributed by atoms with Crippen LogP contribution in [0.2, 0.25) is 18.1 Å². The van der Waals surface area contributed by atoms with Gasteiger partial charge >= 0.3 is 6.09 Å². The fourth-order valence-corrected chi connectivity index (χ4v) is 3.93. The first kappa shape index (κ1) is 25.7. The van der Waals surface area contributed by atoms with Crippen molar-refractivity contribution >= 4 is 14.4 Å². The molecule has 0 saturated heterocycles. The van der Waals surface area contributed by atoms with Crippen LogP contribution in [0, 0.1) is 0 Å². The Bertz CT molecular complexity index is 888. The third-order valence-corrected chi connectivity index (χ3v) is 10.3. The molecule has 174 valence electrons. The molecule has 2 aromatic rings. The highest BCUT2D eigenvalue weighted by molar-refractivity contribution is 6.74. The molecule has 2 rings (SSSR count). The summed E-state index contributed by atoms with van der Waals surface area (Å²) in [5.74, 6) is 0.840. The van der Waals surface area contributed by atoms with Gasteiger partial charge in [-0.1, -0.05) is 75.4 Å². The average molecular weight is 456 g/mol. The third kappa shape index (κ3) is 7.53. The Morgan fingerprint density at radius 3 is 2.19 bits per heavy atom. The molecule has 0 aliphatic heterocycles. The lowest BCUT2D eigenvalue weighted by molar-refractivity contribution is 0.115. The van der Waals surface area contributed by atoms with Gasteiger partial charge in [-0.05, 0) is 54.7 Å². The summed E-state index contributed by atoms with van der Waals surface area (Å²) in [6, 6.07) is 16.8. The van der Waals surface area contributed by atoms with E-state index in [1.807, 2.05) is 54.6 Å². The van der Waals surface area contributed by atoms with Crippen LogP contribution in [0.25, 0.3) is 0 Å². The van der Waals surface area contributed by atoms with E-state index in [2.05, 4.69) is 45.8 Å². The number of amides is 1. The molecule has 0 fully saturated rings. The second-order valence-electron chi connectivity index (χ2n) is 9.81. The number of aliphatic hydroxyl groups is 1. The summed E-state index contributed by atoms with van der Waals surface area (Å²) in [5, 5.41) is 13.5. The van der Waals surface area contributed by atoms with Crippen molar-refractivity contribution in [1.29, 1.82) is 0 Å². The van der Waals surface area contributed by atoms with Crippen LogP contribution in [-0.4, -0.2) is 31.7 Å². The molecule has 0 saturated carbocycles. The molecule has 0 radical (unpaired) electrons. The van der Waals surface area contributed by atoms with Gasteiger partial charge < -0.3 is 19.6 Å². The van der Waals surface area contributed by atoms with Crippen LogP contribution in [0.4, 0.5) is 4.79 Å². The van der Waals surface area contributed by atoms with Crippen molar-refractivity contribution in [2.24, 2.45) is 0 Å². The van der Waals surface area contributed by atoms with Crippen LogP contribution >= 0.6 is 0 Å². The summed E-state index contributed by atoms with van der Waals surface area (Å²) in [7, 11) is -1.91. The van der Waals surface area contributed by atoms with Crippen LogP contribution in [0.1, 0.15) is 38.8 Å². The van der Waals surface area contributed by atoms with Gasteiger partial charge in [0.05, 0.1) is 12.1 Å². The highest BCUT2D eigenvalue weighted by Gasteiger charge is 2.38. The topological polar surface area (TPSA) is 67.8 Å². The smallest absolute Gasteiger partial charge is 0.407 e. The standard InChI is InChI=1S/C26H37NO4Si/c1-19(2)24(28)23(27-25(29)30-18-21-11-9-8-10-12-21)17-20-13-15-22(16-14-20)31-32(6,7)26(3,4)5/h8-16,23-24,28H,1,17-18H2,2-7H3,(H,27,29)/t23-,24+/m0/s1. The first-order valence-corrected chi connectivity index (χ1v) is 13.9. The molecular formula is C26H37NO4Si. The molecule has 0 aliphatic rings. The van der Waals surface area contributed by atoms with Crippen molar-refractivity contribution in [3.05, 3.63) is 77.9 Å². The zero-order valence-corrected chi connectivity index (χ0v) is 21.1. The van der Waals surface area contributed by atoms with E-state index in [4.69, 9.17) is 9.16 Å². The molecule has 2 N–H and O–H groups in total. The molecule has 0 aliphatic carbocycles. The number of rotatable bonds is 9. The van der Waals surface area contributed by atoms with Gasteiger partial charge in [0, 0.05) is 0 Å². The number of benzene rings is 2. The Balaban J connectivity index is 2.03. The molecule has 0 spiro atoms. The van der Waals surface area contributed by atoms with E-state index < -0.39 is 26.6 Å². The summed E-state index contributed by atoms with van der Waals surface area (Å²) in [6.45, 7) is 16.8. The van der Waals surface area contributed by atoms with Gasteiger partial charge in [-0.15, -0.1) is 0 Å². The minimum atomic E-state index is -1.91. The Kier molecular flexibility index (Phi) is 8.70. The second kappa shape index (κ2) is 10.8. The minimum Gasteiger partial charge on any atom is -0.544 e. The van der Waals surface area contributed by atoms with E-state index in [0.29, 0.717) is 12.0 Å². The Morgan fingerprint density at radius 1 is 1.06 bits per heavy atom. The fourth-order valence-electron chi connectivity index (χ4n) is 2.90. The summed E-state index contributed by atoms with van der Waals surface area (Å²) in [5.41, 5.74) is 2.45. The van der Waals surface area contributed by atoms with E-state index in [-0.39, 0.29) is 11.6 Å². The maximum atomic E-state index is 12.4.